The Kier molecular flexibility index (Phi) is 6.00. The van der Waals surface area contributed by atoms with Crippen LogP contribution < -0.4 is 5.32 Å². The Balaban J connectivity index is 1.46. The van der Waals surface area contributed by atoms with Crippen LogP contribution in [-0.2, 0) is 22.5 Å². The molecule has 2 aromatic heterocycles. The maximum Gasteiger partial charge on any atom is 0.224 e. The molecule has 0 aliphatic carbocycles. The third-order valence-corrected chi connectivity index (χ3v) is 4.47. The molecule has 0 bridgehead atoms. The maximum atomic E-state index is 12.4. The first kappa shape index (κ1) is 17.4. The first-order valence-electron chi connectivity index (χ1n) is 8.72. The minimum atomic E-state index is 0.0946. The molecule has 1 aliphatic heterocycles. The van der Waals surface area contributed by atoms with E-state index in [1.807, 2.05) is 35.0 Å². The third kappa shape index (κ3) is 5.03. The zero-order valence-electron chi connectivity index (χ0n) is 14.6. The zero-order chi connectivity index (χ0) is 17.5. The van der Waals surface area contributed by atoms with Crippen molar-refractivity contribution in [2.24, 2.45) is 0 Å². The summed E-state index contributed by atoms with van der Waals surface area (Å²) >= 11 is 0. The largest absolute Gasteiger partial charge is 0.375 e. The molecule has 7 nitrogen and oxygen atoms in total. The van der Waals surface area contributed by atoms with Crippen LogP contribution in [0, 0.1) is 0 Å². The summed E-state index contributed by atoms with van der Waals surface area (Å²) in [5, 5.41) is 3.05. The predicted octanol–water partition coefficient (Wildman–Crippen LogP) is 1.57. The number of morpholine rings is 1. The predicted molar refractivity (Wildman–Crippen MR) is 95.3 cm³/mol. The van der Waals surface area contributed by atoms with E-state index in [0.29, 0.717) is 32.7 Å². The van der Waals surface area contributed by atoms with Gasteiger partial charge in [0.05, 0.1) is 19.0 Å². The van der Waals surface area contributed by atoms with E-state index in [1.165, 1.54) is 5.56 Å². The summed E-state index contributed by atoms with van der Waals surface area (Å²) < 4.78 is 7.78. The summed E-state index contributed by atoms with van der Waals surface area (Å²) in [6.07, 6.45) is 9.57. The molecular weight excluding hydrogens is 318 g/mol. The van der Waals surface area contributed by atoms with Crippen LogP contribution in [0.25, 0.3) is 0 Å². The van der Waals surface area contributed by atoms with Crippen LogP contribution in [0.1, 0.15) is 18.4 Å². The number of carbonyl (C=O) groups excluding carboxylic acids is 1. The molecule has 134 valence electrons. The number of amides is 1. The minimum absolute atomic E-state index is 0.0946. The van der Waals surface area contributed by atoms with Crippen LogP contribution in [-0.4, -0.2) is 58.2 Å². The Morgan fingerprint density at radius 3 is 3.16 bits per heavy atom. The molecule has 1 aliphatic rings. The van der Waals surface area contributed by atoms with E-state index in [1.54, 1.807) is 12.5 Å². The van der Waals surface area contributed by atoms with Crippen molar-refractivity contribution in [3.05, 3.63) is 42.6 Å². The Hall–Kier alpha value is -2.41. The molecule has 1 unspecified atom stereocenters. The van der Waals surface area contributed by atoms with E-state index < -0.39 is 0 Å². The molecule has 1 fully saturated rings. The zero-order valence-corrected chi connectivity index (χ0v) is 14.6. The van der Waals surface area contributed by atoms with Crippen molar-refractivity contribution in [1.29, 1.82) is 0 Å². The van der Waals surface area contributed by atoms with Crippen LogP contribution in [0.4, 0.5) is 5.82 Å². The first-order chi connectivity index (χ1) is 12.2. The smallest absolute Gasteiger partial charge is 0.224 e. The van der Waals surface area contributed by atoms with Crippen molar-refractivity contribution < 1.29 is 9.53 Å². The molecule has 0 spiro atoms. The second kappa shape index (κ2) is 8.62. The summed E-state index contributed by atoms with van der Waals surface area (Å²) in [5.74, 6) is 1.06. The van der Waals surface area contributed by atoms with Gasteiger partial charge in [0, 0.05) is 51.7 Å². The molecule has 0 saturated carbocycles. The lowest BCUT2D eigenvalue weighted by atomic mass is 10.1. The van der Waals surface area contributed by atoms with Crippen LogP contribution in [0.3, 0.4) is 0 Å². The minimum Gasteiger partial charge on any atom is -0.375 e. The number of ether oxygens (including phenoxy) is 1. The van der Waals surface area contributed by atoms with Crippen LogP contribution >= 0.6 is 0 Å². The number of hydrogen-bond acceptors (Lipinski definition) is 5. The summed E-state index contributed by atoms with van der Waals surface area (Å²) in [7, 11) is 1.86. The van der Waals surface area contributed by atoms with E-state index in [0.717, 1.165) is 18.7 Å². The second-order valence-electron chi connectivity index (χ2n) is 6.22. The Labute approximate surface area is 148 Å². The van der Waals surface area contributed by atoms with Crippen molar-refractivity contribution in [3.8, 4) is 0 Å². The van der Waals surface area contributed by atoms with Gasteiger partial charge in [0.2, 0.25) is 5.91 Å². The number of imidazole rings is 1. The number of nitrogens with zero attached hydrogens (tertiary/aromatic N) is 4. The van der Waals surface area contributed by atoms with Gasteiger partial charge in [-0.05, 0) is 30.5 Å². The van der Waals surface area contributed by atoms with Gasteiger partial charge in [0.15, 0.2) is 0 Å². The van der Waals surface area contributed by atoms with Crippen LogP contribution in [0.2, 0.25) is 0 Å². The van der Waals surface area contributed by atoms with E-state index in [4.69, 9.17) is 4.74 Å². The molecule has 7 heteroatoms. The van der Waals surface area contributed by atoms with Gasteiger partial charge in [-0.25, -0.2) is 9.97 Å². The highest BCUT2D eigenvalue weighted by Gasteiger charge is 2.23. The lowest BCUT2D eigenvalue weighted by Gasteiger charge is -2.33. The lowest BCUT2D eigenvalue weighted by Crippen LogP contribution is -2.45. The van der Waals surface area contributed by atoms with Gasteiger partial charge in [-0.2, -0.15) is 0 Å². The highest BCUT2D eigenvalue weighted by Crippen LogP contribution is 2.15. The van der Waals surface area contributed by atoms with E-state index in [-0.39, 0.29) is 12.0 Å². The topological polar surface area (TPSA) is 72.3 Å². The number of anilines is 1. The number of aryl methyl sites for hydroxylation is 2. The average molecular weight is 343 g/mol. The SMILES string of the molecule is CNc1cc(CCC2CN(C(=O)CCn3ccnc3)CCO2)ccn1. The molecule has 1 saturated heterocycles. The number of hydrogen-bond donors (Lipinski definition) is 1. The van der Waals surface area contributed by atoms with Crippen molar-refractivity contribution in [2.75, 3.05) is 32.1 Å². The molecule has 3 heterocycles. The molecule has 25 heavy (non-hydrogen) atoms. The third-order valence-electron chi connectivity index (χ3n) is 4.47. The van der Waals surface area contributed by atoms with Gasteiger partial charge in [0.1, 0.15) is 5.82 Å². The van der Waals surface area contributed by atoms with Gasteiger partial charge >= 0.3 is 0 Å². The van der Waals surface area contributed by atoms with Gasteiger partial charge in [-0.15, -0.1) is 0 Å². The van der Waals surface area contributed by atoms with Gasteiger partial charge < -0.3 is 19.5 Å². The van der Waals surface area contributed by atoms with Gasteiger partial charge in [-0.3, -0.25) is 4.79 Å². The monoisotopic (exact) mass is 343 g/mol. The molecule has 2 aromatic rings. The Morgan fingerprint density at radius 1 is 1.44 bits per heavy atom. The normalized spacial score (nSPS) is 17.5. The summed E-state index contributed by atoms with van der Waals surface area (Å²) in [6.45, 7) is 2.63. The Morgan fingerprint density at radius 2 is 2.36 bits per heavy atom. The molecule has 1 atom stereocenters. The summed E-state index contributed by atoms with van der Waals surface area (Å²) in [5.41, 5.74) is 1.23. The quantitative estimate of drug-likeness (QED) is 0.826. The van der Waals surface area contributed by atoms with E-state index in [2.05, 4.69) is 21.4 Å². The molecule has 3 rings (SSSR count). The average Bonchev–Trinajstić information content (AvgIpc) is 3.18. The van der Waals surface area contributed by atoms with Crippen molar-refractivity contribution in [3.63, 3.8) is 0 Å². The van der Waals surface area contributed by atoms with Crippen molar-refractivity contribution in [1.82, 2.24) is 19.4 Å². The molecule has 0 aromatic carbocycles. The first-order valence-corrected chi connectivity index (χ1v) is 8.72. The molecule has 1 N–H and O–H groups in total. The van der Waals surface area contributed by atoms with Crippen LogP contribution in [0.5, 0.6) is 0 Å². The number of carbonyl (C=O) groups is 1. The Bertz CT molecular complexity index is 674. The molecular formula is C18H25N5O2. The standard InChI is InChI=1S/C18H25N5O2/c1-19-17-12-15(4-6-21-17)2-3-16-13-23(10-11-25-16)18(24)5-8-22-9-7-20-14-22/h4,6-7,9,12,14,16H,2-3,5,8,10-11,13H2,1H3,(H,19,21). The fraction of sp³-hybridized carbons (Fsp3) is 0.500. The highest BCUT2D eigenvalue weighted by atomic mass is 16.5. The number of rotatable bonds is 7. The maximum absolute atomic E-state index is 12.4. The summed E-state index contributed by atoms with van der Waals surface area (Å²) in [6, 6.07) is 4.08. The number of aromatic nitrogens is 3. The van der Waals surface area contributed by atoms with Gasteiger partial charge in [0.25, 0.3) is 0 Å². The van der Waals surface area contributed by atoms with Crippen molar-refractivity contribution in [2.45, 2.75) is 31.9 Å². The fourth-order valence-electron chi connectivity index (χ4n) is 3.02. The number of pyridine rings is 1. The molecule has 0 radical (unpaired) electrons. The molecule has 1 amide bonds. The second-order valence-corrected chi connectivity index (χ2v) is 6.22. The highest BCUT2D eigenvalue weighted by molar-refractivity contribution is 5.76. The van der Waals surface area contributed by atoms with E-state index in [9.17, 15) is 4.79 Å². The number of nitrogens with one attached hydrogen (secondary N) is 1. The van der Waals surface area contributed by atoms with E-state index >= 15 is 0 Å². The van der Waals surface area contributed by atoms with Crippen LogP contribution in [0.15, 0.2) is 37.1 Å². The summed E-state index contributed by atoms with van der Waals surface area (Å²) in [4.78, 5) is 22.6. The van der Waals surface area contributed by atoms with Gasteiger partial charge in [-0.1, -0.05) is 0 Å². The fourth-order valence-corrected chi connectivity index (χ4v) is 3.02. The lowest BCUT2D eigenvalue weighted by molar-refractivity contribution is -0.139. The van der Waals surface area contributed by atoms with Crippen molar-refractivity contribution >= 4 is 11.7 Å².